The van der Waals surface area contributed by atoms with Gasteiger partial charge in [0.05, 0.1) is 23.6 Å². The van der Waals surface area contributed by atoms with E-state index >= 15 is 0 Å². The number of hydrogen-bond acceptors (Lipinski definition) is 9. The van der Waals surface area contributed by atoms with Crippen LogP contribution in [0.5, 0.6) is 5.88 Å². The number of hydrogen-bond donors (Lipinski definition) is 2. The van der Waals surface area contributed by atoms with Gasteiger partial charge in [-0.1, -0.05) is 39.8 Å². The number of carbonyl (C=O) groups is 1. The van der Waals surface area contributed by atoms with E-state index < -0.39 is 15.9 Å². The maximum absolute atomic E-state index is 13.4. The summed E-state index contributed by atoms with van der Waals surface area (Å²) in [5.41, 5.74) is 6.57. The van der Waals surface area contributed by atoms with Gasteiger partial charge in [-0.15, -0.1) is 0 Å². The van der Waals surface area contributed by atoms with Gasteiger partial charge < -0.3 is 15.4 Å². The lowest BCUT2D eigenvalue weighted by Crippen LogP contribution is -2.41. The van der Waals surface area contributed by atoms with Crippen LogP contribution in [0.1, 0.15) is 58.3 Å². The maximum atomic E-state index is 13.4. The van der Waals surface area contributed by atoms with Crippen LogP contribution in [0.3, 0.4) is 0 Å². The third-order valence-electron chi connectivity index (χ3n) is 6.33. The number of rotatable bonds is 7. The number of ether oxygens (including phenoxy) is 1. The molecule has 11 heteroatoms. The molecule has 1 aliphatic rings. The van der Waals surface area contributed by atoms with Gasteiger partial charge in [0.15, 0.2) is 5.03 Å². The Hall–Kier alpha value is -3.73. The lowest BCUT2D eigenvalue weighted by Gasteiger charge is -2.34. The highest BCUT2D eigenvalue weighted by Gasteiger charge is 2.39. The average molecular weight is 553 g/mol. The standard InChI is InChI=1S/C28H36N6O4S/c1-18-15-28(5,6)34(16-18)25-19(26(35)33-39(36,37)24-12-8-10-22(29)32-24)13-14-21(31-25)20-9-7-11-23(30-20)38-17-27(2,3)4/h7-14,18H,15-17H2,1-6H3,(H2,29,32)(H,33,35). The summed E-state index contributed by atoms with van der Waals surface area (Å²) >= 11 is 0. The highest BCUT2D eigenvalue weighted by molar-refractivity contribution is 7.90. The minimum absolute atomic E-state index is 0.0303. The number of pyridine rings is 3. The van der Waals surface area contributed by atoms with Gasteiger partial charge in [-0.2, -0.15) is 8.42 Å². The highest BCUT2D eigenvalue weighted by Crippen LogP contribution is 2.38. The molecule has 4 rings (SSSR count). The molecule has 0 saturated carbocycles. The first-order valence-electron chi connectivity index (χ1n) is 12.8. The number of nitrogens with two attached hydrogens (primary N) is 1. The van der Waals surface area contributed by atoms with Gasteiger partial charge in [0.1, 0.15) is 11.6 Å². The summed E-state index contributed by atoms with van der Waals surface area (Å²) in [5.74, 6) is 0.445. The number of aromatic nitrogens is 3. The monoisotopic (exact) mass is 552 g/mol. The molecule has 208 valence electrons. The Bertz CT molecular complexity index is 1480. The van der Waals surface area contributed by atoms with Crippen molar-refractivity contribution < 1.29 is 17.9 Å². The Balaban J connectivity index is 1.73. The predicted molar refractivity (Wildman–Crippen MR) is 151 cm³/mol. The zero-order valence-electron chi connectivity index (χ0n) is 23.2. The van der Waals surface area contributed by atoms with E-state index in [1.165, 1.54) is 18.2 Å². The van der Waals surface area contributed by atoms with Crippen molar-refractivity contribution in [2.24, 2.45) is 11.3 Å². The summed E-state index contributed by atoms with van der Waals surface area (Å²) in [4.78, 5) is 28.8. The minimum Gasteiger partial charge on any atom is -0.477 e. The SMILES string of the molecule is CC1CN(c2nc(-c3cccc(OCC(C)(C)C)n3)ccc2C(=O)NS(=O)(=O)c2cccc(N)n2)C(C)(C)C1. The van der Waals surface area contributed by atoms with Gasteiger partial charge >= 0.3 is 0 Å². The Morgan fingerprint density at radius 3 is 2.41 bits per heavy atom. The van der Waals surface area contributed by atoms with Gasteiger partial charge in [-0.25, -0.2) is 19.7 Å². The van der Waals surface area contributed by atoms with Crippen LogP contribution in [-0.2, 0) is 10.0 Å². The van der Waals surface area contributed by atoms with Crippen molar-refractivity contribution in [2.75, 3.05) is 23.8 Å². The molecule has 1 saturated heterocycles. The number of nitrogens with one attached hydrogen (secondary N) is 1. The molecule has 39 heavy (non-hydrogen) atoms. The molecule has 1 amide bonds. The quantitative estimate of drug-likeness (QED) is 0.439. The smallest absolute Gasteiger partial charge is 0.281 e. The van der Waals surface area contributed by atoms with Crippen LogP contribution >= 0.6 is 0 Å². The lowest BCUT2D eigenvalue weighted by molar-refractivity contribution is 0.0981. The minimum atomic E-state index is -4.26. The van der Waals surface area contributed by atoms with Crippen LogP contribution in [0.25, 0.3) is 11.4 Å². The Kier molecular flexibility index (Phi) is 7.57. The van der Waals surface area contributed by atoms with Gasteiger partial charge in [-0.05, 0) is 61.9 Å². The fraction of sp³-hybridized carbons (Fsp3) is 0.429. The molecular formula is C28H36N6O4S. The molecular weight excluding hydrogens is 516 g/mol. The summed E-state index contributed by atoms with van der Waals surface area (Å²) in [6.45, 7) is 13.7. The predicted octanol–water partition coefficient (Wildman–Crippen LogP) is 4.29. The maximum Gasteiger partial charge on any atom is 0.281 e. The van der Waals surface area contributed by atoms with Crippen LogP contribution in [-0.4, -0.2) is 48.0 Å². The normalized spacial score (nSPS) is 17.2. The molecule has 3 N–H and O–H groups in total. The number of anilines is 2. The molecule has 10 nitrogen and oxygen atoms in total. The fourth-order valence-corrected chi connectivity index (χ4v) is 5.61. The molecule has 1 aliphatic heterocycles. The van der Waals surface area contributed by atoms with E-state index in [1.807, 2.05) is 12.1 Å². The number of sulfonamides is 1. The molecule has 4 heterocycles. The van der Waals surface area contributed by atoms with Gasteiger partial charge in [0, 0.05) is 18.2 Å². The first-order valence-corrected chi connectivity index (χ1v) is 14.3. The molecule has 1 atom stereocenters. The molecule has 1 unspecified atom stereocenters. The van der Waals surface area contributed by atoms with Crippen LogP contribution in [0.2, 0.25) is 0 Å². The molecule has 0 spiro atoms. The molecule has 0 bridgehead atoms. The number of nitrogens with zero attached hydrogens (tertiary/aromatic N) is 4. The van der Waals surface area contributed by atoms with Crippen LogP contribution in [0.4, 0.5) is 11.6 Å². The Morgan fingerprint density at radius 1 is 1.08 bits per heavy atom. The van der Waals surface area contributed by atoms with Crippen molar-refractivity contribution in [3.05, 3.63) is 54.1 Å². The van der Waals surface area contributed by atoms with Crippen molar-refractivity contribution in [2.45, 2.75) is 58.5 Å². The van der Waals surface area contributed by atoms with Crippen molar-refractivity contribution in [1.29, 1.82) is 0 Å². The second-order valence-corrected chi connectivity index (χ2v) is 13.5. The lowest BCUT2D eigenvalue weighted by atomic mass is 9.97. The van der Waals surface area contributed by atoms with Crippen LogP contribution in [0, 0.1) is 11.3 Å². The third-order valence-corrected chi connectivity index (χ3v) is 7.57. The van der Waals surface area contributed by atoms with E-state index in [4.69, 9.17) is 15.5 Å². The Morgan fingerprint density at radius 2 is 1.77 bits per heavy atom. The summed E-state index contributed by atoms with van der Waals surface area (Å²) in [6.07, 6.45) is 0.889. The van der Waals surface area contributed by atoms with E-state index in [1.54, 1.807) is 18.2 Å². The molecule has 3 aromatic heterocycles. The average Bonchev–Trinajstić information content (AvgIpc) is 3.13. The third kappa shape index (κ3) is 6.65. The summed E-state index contributed by atoms with van der Waals surface area (Å²) < 4.78 is 33.9. The van der Waals surface area contributed by atoms with Crippen molar-refractivity contribution in [1.82, 2.24) is 19.7 Å². The largest absolute Gasteiger partial charge is 0.477 e. The van der Waals surface area contributed by atoms with E-state index in [-0.39, 0.29) is 27.4 Å². The van der Waals surface area contributed by atoms with E-state index in [2.05, 4.69) is 61.1 Å². The molecule has 0 aromatic carbocycles. The van der Waals surface area contributed by atoms with Crippen molar-refractivity contribution >= 4 is 27.6 Å². The highest BCUT2D eigenvalue weighted by atomic mass is 32.2. The molecule has 0 radical (unpaired) electrons. The van der Waals surface area contributed by atoms with Gasteiger partial charge in [-0.3, -0.25) is 4.79 Å². The van der Waals surface area contributed by atoms with E-state index in [0.717, 1.165) is 6.42 Å². The molecule has 1 fully saturated rings. The van der Waals surface area contributed by atoms with Crippen LogP contribution in [0.15, 0.2) is 53.6 Å². The second-order valence-electron chi connectivity index (χ2n) is 11.8. The zero-order valence-corrected chi connectivity index (χ0v) is 24.0. The first-order chi connectivity index (χ1) is 18.1. The number of amides is 1. The Labute approximate surface area is 230 Å². The summed E-state index contributed by atoms with van der Waals surface area (Å²) in [5, 5.41) is -0.339. The zero-order chi connectivity index (χ0) is 28.6. The number of carbonyl (C=O) groups excluding carboxylic acids is 1. The van der Waals surface area contributed by atoms with Gasteiger partial charge in [0.25, 0.3) is 15.9 Å². The summed E-state index contributed by atoms with van der Waals surface area (Å²) in [7, 11) is -4.26. The van der Waals surface area contributed by atoms with E-state index in [9.17, 15) is 13.2 Å². The first kappa shape index (κ1) is 28.3. The van der Waals surface area contributed by atoms with E-state index in [0.29, 0.717) is 42.2 Å². The number of nitrogen functional groups attached to an aromatic ring is 1. The summed E-state index contributed by atoms with van der Waals surface area (Å²) in [6, 6.07) is 12.9. The van der Waals surface area contributed by atoms with Crippen molar-refractivity contribution in [3.63, 3.8) is 0 Å². The molecule has 0 aliphatic carbocycles. The topological polar surface area (TPSA) is 140 Å². The fourth-order valence-electron chi connectivity index (χ4n) is 4.67. The molecule has 3 aromatic rings. The van der Waals surface area contributed by atoms with Gasteiger partial charge in [0.2, 0.25) is 5.88 Å². The second kappa shape index (κ2) is 10.4. The van der Waals surface area contributed by atoms with Crippen LogP contribution < -0.4 is 20.1 Å². The van der Waals surface area contributed by atoms with Crippen molar-refractivity contribution in [3.8, 4) is 17.3 Å².